The number of nitrogens with one attached hydrogen (secondary N) is 1. The Bertz CT molecular complexity index is 393. The number of carboxylic acid groups (broad SMARTS) is 1. The van der Waals surface area contributed by atoms with Gasteiger partial charge in [-0.2, -0.15) is 0 Å². The summed E-state index contributed by atoms with van der Waals surface area (Å²) in [6.07, 6.45) is 2.94. The third-order valence-corrected chi connectivity index (χ3v) is 5.49. The van der Waals surface area contributed by atoms with E-state index in [4.69, 9.17) is 9.84 Å². The van der Waals surface area contributed by atoms with Gasteiger partial charge in [0.2, 0.25) is 0 Å². The van der Waals surface area contributed by atoms with Crippen LogP contribution in [0.15, 0.2) is 0 Å². The molecule has 0 aromatic rings. The van der Waals surface area contributed by atoms with E-state index in [1.54, 1.807) is 11.8 Å². The van der Waals surface area contributed by atoms with Crippen molar-refractivity contribution in [1.82, 2.24) is 10.2 Å². The molecule has 2 aliphatic heterocycles. The molecule has 6 nitrogen and oxygen atoms in total. The van der Waals surface area contributed by atoms with E-state index in [0.717, 1.165) is 25.1 Å². The minimum Gasteiger partial charge on any atom is -0.480 e. The molecule has 3 atom stereocenters. The zero-order valence-electron chi connectivity index (χ0n) is 11.9. The molecule has 0 aromatic carbocycles. The minimum absolute atomic E-state index is 0.0236. The van der Waals surface area contributed by atoms with Crippen molar-refractivity contribution in [3.05, 3.63) is 0 Å². The van der Waals surface area contributed by atoms with Crippen LogP contribution < -0.4 is 5.32 Å². The third kappa shape index (κ3) is 2.94. The molecule has 2 aliphatic rings. The number of carbonyl (C=O) groups is 2. The number of likely N-dealkylation sites (tertiary alicyclic amines) is 1. The number of rotatable bonds is 4. The first kappa shape index (κ1) is 15.6. The number of hydrogen-bond acceptors (Lipinski definition) is 6. The van der Waals surface area contributed by atoms with E-state index < -0.39 is 17.6 Å². The smallest absolute Gasteiger partial charge is 0.326 e. The number of nitrogens with zero attached hydrogens (tertiary/aromatic N) is 1. The van der Waals surface area contributed by atoms with E-state index in [0.29, 0.717) is 12.8 Å². The van der Waals surface area contributed by atoms with E-state index >= 15 is 0 Å². The highest BCUT2D eigenvalue weighted by molar-refractivity contribution is 7.99. The first-order chi connectivity index (χ1) is 9.49. The summed E-state index contributed by atoms with van der Waals surface area (Å²) in [5.74, 6) is -0.227. The zero-order chi connectivity index (χ0) is 14.8. The molecule has 2 N–H and O–H groups in total. The summed E-state index contributed by atoms with van der Waals surface area (Å²) in [5.41, 5.74) is -0.611. The van der Waals surface area contributed by atoms with Crippen LogP contribution in [0.3, 0.4) is 0 Å². The van der Waals surface area contributed by atoms with Gasteiger partial charge < -0.3 is 9.84 Å². The Morgan fingerprint density at radius 1 is 1.55 bits per heavy atom. The van der Waals surface area contributed by atoms with Gasteiger partial charge in [-0.05, 0) is 38.6 Å². The van der Waals surface area contributed by atoms with Gasteiger partial charge in [-0.15, -0.1) is 11.8 Å². The molecule has 0 amide bonds. The summed E-state index contributed by atoms with van der Waals surface area (Å²) < 4.78 is 4.99. The van der Waals surface area contributed by atoms with Crippen molar-refractivity contribution >= 4 is 23.7 Å². The second kappa shape index (κ2) is 6.32. The van der Waals surface area contributed by atoms with Crippen LogP contribution >= 0.6 is 11.8 Å². The van der Waals surface area contributed by atoms with Crippen molar-refractivity contribution in [1.29, 1.82) is 0 Å². The Morgan fingerprint density at radius 2 is 2.30 bits per heavy atom. The van der Waals surface area contributed by atoms with Gasteiger partial charge in [0, 0.05) is 6.42 Å². The van der Waals surface area contributed by atoms with Crippen LogP contribution in [-0.4, -0.2) is 65.4 Å². The standard InChI is InChI=1S/C13H22N2O4S/c1-15-6-3-5-13(15,12(18)19-2)8-10-14-9(11(16)17)4-7-20-10/h9-10,14H,3-8H2,1-2H3,(H,16,17)/t9?,10?,13-/m1/s1. The van der Waals surface area contributed by atoms with Crippen molar-refractivity contribution in [3.63, 3.8) is 0 Å². The number of aliphatic carboxylic acids is 1. The van der Waals surface area contributed by atoms with E-state index in [-0.39, 0.29) is 11.3 Å². The molecule has 0 saturated carbocycles. The van der Waals surface area contributed by atoms with Gasteiger partial charge in [0.25, 0.3) is 0 Å². The second-order valence-electron chi connectivity index (χ2n) is 5.46. The average Bonchev–Trinajstić information content (AvgIpc) is 2.80. The molecule has 114 valence electrons. The Morgan fingerprint density at radius 3 is 2.85 bits per heavy atom. The van der Waals surface area contributed by atoms with Crippen molar-refractivity contribution in [2.24, 2.45) is 0 Å². The molecule has 0 radical (unpaired) electrons. The second-order valence-corrected chi connectivity index (χ2v) is 6.77. The molecule has 7 heteroatoms. The Labute approximate surface area is 123 Å². The first-order valence-corrected chi connectivity index (χ1v) is 7.94. The maximum Gasteiger partial charge on any atom is 0.326 e. The number of carbonyl (C=O) groups excluding carboxylic acids is 1. The van der Waals surface area contributed by atoms with Crippen LogP contribution in [0, 0.1) is 0 Å². The molecule has 20 heavy (non-hydrogen) atoms. The van der Waals surface area contributed by atoms with E-state index in [9.17, 15) is 9.59 Å². The first-order valence-electron chi connectivity index (χ1n) is 6.90. The van der Waals surface area contributed by atoms with Gasteiger partial charge in [-0.1, -0.05) is 0 Å². The Balaban J connectivity index is 2.08. The fourth-order valence-corrected chi connectivity index (χ4v) is 4.42. The van der Waals surface area contributed by atoms with Gasteiger partial charge in [0.05, 0.1) is 12.5 Å². The summed E-state index contributed by atoms with van der Waals surface area (Å²) >= 11 is 1.69. The fourth-order valence-electron chi connectivity index (χ4n) is 3.11. The SMILES string of the molecule is COC(=O)[C@]1(CC2NC(C(=O)O)CCS2)CCCN1C. The van der Waals surface area contributed by atoms with Crippen LogP contribution in [0.1, 0.15) is 25.7 Å². The van der Waals surface area contributed by atoms with Crippen LogP contribution in [0.5, 0.6) is 0 Å². The van der Waals surface area contributed by atoms with Crippen molar-refractivity contribution in [2.75, 3.05) is 26.5 Å². The molecule has 2 saturated heterocycles. The number of esters is 1. The molecule has 2 heterocycles. The van der Waals surface area contributed by atoms with Crippen LogP contribution in [0.25, 0.3) is 0 Å². The van der Waals surface area contributed by atoms with E-state index in [2.05, 4.69) is 5.32 Å². The molecule has 0 bridgehead atoms. The highest BCUT2D eigenvalue weighted by Gasteiger charge is 2.48. The molecule has 0 aromatic heterocycles. The third-order valence-electron chi connectivity index (χ3n) is 4.31. The molecule has 0 spiro atoms. The number of methoxy groups -OCH3 is 1. The average molecular weight is 302 g/mol. The zero-order valence-corrected chi connectivity index (χ0v) is 12.7. The summed E-state index contributed by atoms with van der Waals surface area (Å²) in [5, 5.41) is 12.2. The van der Waals surface area contributed by atoms with Crippen molar-refractivity contribution < 1.29 is 19.4 Å². The number of likely N-dealkylation sites (N-methyl/N-ethyl adjacent to an activating group) is 1. The van der Waals surface area contributed by atoms with Crippen molar-refractivity contribution in [2.45, 2.75) is 42.6 Å². The Hall–Kier alpha value is -0.790. The number of thioether (sulfide) groups is 1. The van der Waals surface area contributed by atoms with E-state index in [1.165, 1.54) is 7.11 Å². The quantitative estimate of drug-likeness (QED) is 0.733. The maximum absolute atomic E-state index is 12.2. The summed E-state index contributed by atoms with van der Waals surface area (Å²) in [6, 6.07) is -0.511. The van der Waals surface area contributed by atoms with Gasteiger partial charge in [0.15, 0.2) is 0 Å². The summed E-state index contributed by atoms with van der Waals surface area (Å²) in [6.45, 7) is 0.870. The highest BCUT2D eigenvalue weighted by atomic mass is 32.2. The van der Waals surface area contributed by atoms with Gasteiger partial charge in [-0.25, -0.2) is 0 Å². The lowest BCUT2D eigenvalue weighted by molar-refractivity contribution is -0.153. The normalized spacial score (nSPS) is 34.9. The monoisotopic (exact) mass is 302 g/mol. The van der Waals surface area contributed by atoms with Crippen LogP contribution in [0.2, 0.25) is 0 Å². The van der Waals surface area contributed by atoms with Gasteiger partial charge in [-0.3, -0.25) is 19.8 Å². The predicted molar refractivity (Wildman–Crippen MR) is 76.7 cm³/mol. The molecule has 2 rings (SSSR count). The maximum atomic E-state index is 12.2. The largest absolute Gasteiger partial charge is 0.480 e. The van der Waals surface area contributed by atoms with Crippen LogP contribution in [-0.2, 0) is 14.3 Å². The highest BCUT2D eigenvalue weighted by Crippen LogP contribution is 2.36. The summed E-state index contributed by atoms with van der Waals surface area (Å²) in [7, 11) is 3.35. The number of ether oxygens (including phenoxy) is 1. The van der Waals surface area contributed by atoms with Crippen molar-refractivity contribution in [3.8, 4) is 0 Å². The predicted octanol–water partition coefficient (Wildman–Crippen LogP) is 0.520. The van der Waals surface area contributed by atoms with Gasteiger partial charge >= 0.3 is 11.9 Å². The topological polar surface area (TPSA) is 78.9 Å². The lowest BCUT2D eigenvalue weighted by atomic mass is 9.91. The lowest BCUT2D eigenvalue weighted by Crippen LogP contribution is -2.55. The number of hydrogen-bond donors (Lipinski definition) is 2. The summed E-state index contributed by atoms with van der Waals surface area (Å²) in [4.78, 5) is 25.4. The van der Waals surface area contributed by atoms with Crippen LogP contribution in [0.4, 0.5) is 0 Å². The lowest BCUT2D eigenvalue weighted by Gasteiger charge is -2.38. The van der Waals surface area contributed by atoms with E-state index in [1.807, 2.05) is 11.9 Å². The molecule has 2 unspecified atom stereocenters. The minimum atomic E-state index is -0.817. The fraction of sp³-hybridized carbons (Fsp3) is 0.846. The van der Waals surface area contributed by atoms with Gasteiger partial charge in [0.1, 0.15) is 11.6 Å². The number of carboxylic acids is 1. The Kier molecular flexibility index (Phi) is 4.93. The molecule has 2 fully saturated rings. The molecule has 0 aliphatic carbocycles. The molecular weight excluding hydrogens is 280 g/mol. The molecular formula is C13H22N2O4S.